The molecule has 0 N–H and O–H groups in total. The maximum absolute atomic E-state index is 8.55. The summed E-state index contributed by atoms with van der Waals surface area (Å²) in [5, 5.41) is 0. The molecule has 0 radical (unpaired) electrons. The molecule has 0 spiro atoms. The topological polar surface area (TPSA) is 86.2 Å². The Bertz CT molecular complexity index is 57.8. The van der Waals surface area contributed by atoms with Crippen molar-refractivity contribution in [3.63, 3.8) is 0 Å². The summed E-state index contributed by atoms with van der Waals surface area (Å²) in [5.74, 6) is 0. The van der Waals surface area contributed by atoms with Gasteiger partial charge in [0.15, 0.2) is 0 Å². The second-order valence-corrected chi connectivity index (χ2v) is 1.34. The summed E-state index contributed by atoms with van der Waals surface area (Å²) >= 11 is 0. The van der Waals surface area contributed by atoms with E-state index in [1.165, 1.54) is 0 Å². The Morgan fingerprint density at radius 2 is 1.14 bits per heavy atom. The molecule has 0 aliphatic carbocycles. The third-order valence-corrected chi connectivity index (χ3v) is 0. The number of hydrogen-bond donors (Lipinski definition) is 0. The molecule has 0 bridgehead atoms. The molecule has 0 aromatic carbocycles. The van der Waals surface area contributed by atoms with Gasteiger partial charge in [0.2, 0.25) is 24.0 Å². The van der Waals surface area contributed by atoms with Crippen LogP contribution in [-0.2, 0) is 21.6 Å². The minimum atomic E-state index is -5.39. The number of phosphoric acid groups is 1. The SMILES string of the molecule is O=P([O-])([O-])[O-].[Fe+2].[IH2+]. The molecular weight excluding hydrogens is 278 g/mol. The molecule has 0 saturated carbocycles. The first-order chi connectivity index (χ1) is 2.00. The van der Waals surface area contributed by atoms with Crippen LogP contribution in [0.1, 0.15) is 0 Å². The van der Waals surface area contributed by atoms with Crippen LogP contribution in [0.2, 0.25) is 0 Å². The Morgan fingerprint density at radius 1 is 1.14 bits per heavy atom. The fourth-order valence-electron chi connectivity index (χ4n) is 0. The van der Waals surface area contributed by atoms with E-state index in [4.69, 9.17) is 19.2 Å². The second-order valence-electron chi connectivity index (χ2n) is 0.447. The maximum atomic E-state index is 8.55. The molecule has 7 heteroatoms. The molecule has 0 heterocycles. The molecule has 0 saturated heterocycles. The molecule has 0 atom stereocenters. The third kappa shape index (κ3) is 114. The van der Waals surface area contributed by atoms with E-state index in [9.17, 15) is 0 Å². The van der Waals surface area contributed by atoms with Crippen LogP contribution in [0.15, 0.2) is 0 Å². The fourth-order valence-corrected chi connectivity index (χ4v) is 0. The van der Waals surface area contributed by atoms with Crippen LogP contribution in [0.25, 0.3) is 0 Å². The molecule has 0 unspecified atom stereocenters. The molecule has 46 valence electrons. The van der Waals surface area contributed by atoms with Gasteiger partial charge in [0, 0.05) is 0 Å². The Labute approximate surface area is 68.0 Å². The van der Waals surface area contributed by atoms with Crippen molar-refractivity contribution in [1.82, 2.24) is 0 Å². The van der Waals surface area contributed by atoms with Crippen molar-refractivity contribution in [2.24, 2.45) is 0 Å². The van der Waals surface area contributed by atoms with Crippen molar-refractivity contribution in [2.75, 3.05) is 0 Å². The normalized spacial score (nSPS) is 8.43. The summed E-state index contributed by atoms with van der Waals surface area (Å²) in [4.78, 5) is 25.6. The van der Waals surface area contributed by atoms with Crippen molar-refractivity contribution in [3.05, 3.63) is 0 Å². The molecular formula is H2FeIO4P. The van der Waals surface area contributed by atoms with Gasteiger partial charge in [-0.2, -0.15) is 7.82 Å². The predicted octanol–water partition coefficient (Wildman–Crippen LogP) is -6.36. The van der Waals surface area contributed by atoms with E-state index in [2.05, 4.69) is 0 Å². The van der Waals surface area contributed by atoms with E-state index < -0.39 is 7.82 Å². The van der Waals surface area contributed by atoms with E-state index in [1.54, 1.807) is 0 Å². The second kappa shape index (κ2) is 5.50. The Balaban J connectivity index is -0.0000000800. The molecule has 4 nitrogen and oxygen atoms in total. The van der Waals surface area contributed by atoms with Crippen molar-refractivity contribution in [2.45, 2.75) is 0 Å². The Kier molecular flexibility index (Phi) is 12.4. The molecule has 0 aliphatic heterocycles. The van der Waals surface area contributed by atoms with Crippen molar-refractivity contribution < 1.29 is 60.3 Å². The monoisotopic (exact) mass is 280 g/mol. The van der Waals surface area contributed by atoms with E-state index in [0.717, 1.165) is 0 Å². The van der Waals surface area contributed by atoms with Crippen LogP contribution >= 0.6 is 7.82 Å². The third-order valence-electron chi connectivity index (χ3n) is 0. The van der Waals surface area contributed by atoms with Gasteiger partial charge in [0.05, 0.1) is 0 Å². The molecule has 0 amide bonds. The largest absolute Gasteiger partial charge is 2.00 e. The van der Waals surface area contributed by atoms with Crippen molar-refractivity contribution in [3.8, 4) is 0 Å². The zero-order chi connectivity index (χ0) is 4.50. The van der Waals surface area contributed by atoms with E-state index >= 15 is 0 Å². The summed E-state index contributed by atoms with van der Waals surface area (Å²) in [6, 6.07) is 0. The van der Waals surface area contributed by atoms with E-state index in [-0.39, 0.29) is 41.0 Å². The molecule has 0 aliphatic rings. The molecule has 0 rings (SSSR count). The first-order valence-corrected chi connectivity index (χ1v) is 2.19. The van der Waals surface area contributed by atoms with Crippen molar-refractivity contribution in [1.29, 1.82) is 0 Å². The molecule has 0 aromatic heterocycles. The minimum absolute atomic E-state index is 0. The standard InChI is InChI=1S/Fe.H2I.H3O4P/c;;1-5(2,3)4/h;1H2;(H3,1,2,3,4)/q+2;+1;/p-3. The van der Waals surface area contributed by atoms with Gasteiger partial charge < -0.3 is 19.2 Å². The van der Waals surface area contributed by atoms with Crippen molar-refractivity contribution >= 4 is 7.82 Å². The van der Waals surface area contributed by atoms with Gasteiger partial charge in [0.1, 0.15) is 0 Å². The number of halogens is 1. The zero-order valence-corrected chi connectivity index (χ0v) is 7.43. The van der Waals surface area contributed by atoms with Gasteiger partial charge in [0.25, 0.3) is 0 Å². The average Bonchev–Trinajstić information content (AvgIpc) is 0.722. The van der Waals surface area contributed by atoms with Crippen LogP contribution in [-0.4, -0.2) is 0 Å². The van der Waals surface area contributed by atoms with Gasteiger partial charge in [-0.15, -0.1) is 0 Å². The van der Waals surface area contributed by atoms with E-state index in [0.29, 0.717) is 0 Å². The summed E-state index contributed by atoms with van der Waals surface area (Å²) < 4.78 is 8.55. The van der Waals surface area contributed by atoms with Crippen LogP contribution in [0, 0.1) is 0 Å². The van der Waals surface area contributed by atoms with Crippen LogP contribution in [0.4, 0.5) is 0 Å². The number of hydrogen-bond acceptors (Lipinski definition) is 4. The Morgan fingerprint density at radius 3 is 1.14 bits per heavy atom. The smallest absolute Gasteiger partial charge is 0.822 e. The number of rotatable bonds is 0. The quantitative estimate of drug-likeness (QED) is 0.251. The van der Waals surface area contributed by atoms with Crippen LogP contribution in [0.5, 0.6) is 0 Å². The zero-order valence-electron chi connectivity index (χ0n) is 2.88. The molecule has 0 fully saturated rings. The van der Waals surface area contributed by atoms with Gasteiger partial charge in [-0.05, 0) is 0 Å². The maximum Gasteiger partial charge on any atom is 2.00 e. The minimum Gasteiger partial charge on any atom is -0.822 e. The predicted molar refractivity (Wildman–Crippen MR) is 10.4 cm³/mol. The van der Waals surface area contributed by atoms with Crippen LogP contribution in [0.3, 0.4) is 0 Å². The molecule has 0 aromatic rings. The fraction of sp³-hybridized carbons (Fsp3) is 0. The van der Waals surface area contributed by atoms with E-state index in [1.807, 2.05) is 0 Å². The van der Waals surface area contributed by atoms with Gasteiger partial charge in [-0.25, -0.2) is 0 Å². The van der Waals surface area contributed by atoms with Gasteiger partial charge >= 0.3 is 17.1 Å². The summed E-state index contributed by atoms with van der Waals surface area (Å²) in [7, 11) is -5.39. The summed E-state index contributed by atoms with van der Waals surface area (Å²) in [6.07, 6.45) is 0. The summed E-state index contributed by atoms with van der Waals surface area (Å²) in [5.41, 5.74) is 0. The average molecular weight is 280 g/mol. The molecule has 7 heavy (non-hydrogen) atoms. The first kappa shape index (κ1) is 15.8. The van der Waals surface area contributed by atoms with Crippen LogP contribution < -0.4 is 38.7 Å². The van der Waals surface area contributed by atoms with Gasteiger partial charge in [-0.3, -0.25) is 0 Å². The first-order valence-electron chi connectivity index (χ1n) is 0.730. The Hall–Kier alpha value is 1.36. The summed E-state index contributed by atoms with van der Waals surface area (Å²) in [6.45, 7) is 0. The van der Waals surface area contributed by atoms with Gasteiger partial charge in [-0.1, -0.05) is 0 Å².